The fourth-order valence-electron chi connectivity index (χ4n) is 9.14. The molecule has 0 aliphatic carbocycles. The van der Waals surface area contributed by atoms with Gasteiger partial charge in [0.05, 0.1) is 25.4 Å². The van der Waals surface area contributed by atoms with E-state index in [1.165, 1.54) is 186 Å². The second-order valence-corrected chi connectivity index (χ2v) is 20.2. The molecule has 400 valence electrons. The molecule has 68 heavy (non-hydrogen) atoms. The fourth-order valence-corrected chi connectivity index (χ4v) is 9.14. The van der Waals surface area contributed by atoms with Crippen molar-refractivity contribution in [1.29, 1.82) is 0 Å². The van der Waals surface area contributed by atoms with E-state index < -0.39 is 61.5 Å². The first-order valence-electron chi connectivity index (χ1n) is 28.8. The first kappa shape index (κ1) is 64.4. The summed E-state index contributed by atoms with van der Waals surface area (Å²) in [5, 5.41) is 65.0. The van der Waals surface area contributed by atoms with Crippen molar-refractivity contribution in [2.75, 3.05) is 13.2 Å². The number of ether oxygens (including phenoxy) is 2. The normalized spacial score (nSPS) is 20.3. The molecule has 0 bridgehead atoms. The topological polar surface area (TPSA) is 169 Å². The molecular weight excluding hydrogens is 855 g/mol. The smallest absolute Gasteiger partial charge is 0.249 e. The molecule has 10 heteroatoms. The highest BCUT2D eigenvalue weighted by Gasteiger charge is 2.44. The van der Waals surface area contributed by atoms with Crippen LogP contribution in [0.2, 0.25) is 0 Å². The van der Waals surface area contributed by atoms with Crippen LogP contribution in [0.15, 0.2) is 36.5 Å². The Morgan fingerprint density at radius 2 is 0.868 bits per heavy atom. The summed E-state index contributed by atoms with van der Waals surface area (Å²) in [4.78, 5) is 13.1. The van der Waals surface area contributed by atoms with Gasteiger partial charge >= 0.3 is 0 Å². The number of nitrogens with one attached hydrogen (secondary N) is 1. The molecule has 8 atom stereocenters. The maximum Gasteiger partial charge on any atom is 0.249 e. The van der Waals surface area contributed by atoms with Crippen LogP contribution in [0.4, 0.5) is 0 Å². The van der Waals surface area contributed by atoms with Crippen molar-refractivity contribution in [3.63, 3.8) is 0 Å². The van der Waals surface area contributed by atoms with Gasteiger partial charge in [0.15, 0.2) is 6.29 Å². The molecular formula is C58H109NO9. The van der Waals surface area contributed by atoms with Crippen LogP contribution in [-0.2, 0) is 14.3 Å². The third kappa shape index (κ3) is 36.3. The number of rotatable bonds is 49. The van der Waals surface area contributed by atoms with Crippen LogP contribution in [0.1, 0.15) is 264 Å². The summed E-state index contributed by atoms with van der Waals surface area (Å²) in [6.07, 6.45) is 51.1. The largest absolute Gasteiger partial charge is 0.394 e. The molecule has 8 unspecified atom stereocenters. The molecule has 0 aromatic heterocycles. The summed E-state index contributed by atoms with van der Waals surface area (Å²) in [5.74, 6) is -0.626. The average molecular weight is 965 g/mol. The van der Waals surface area contributed by atoms with Crippen molar-refractivity contribution < 1.29 is 44.9 Å². The number of carbonyl (C=O) groups is 1. The number of hydrogen-bond donors (Lipinski definition) is 7. The number of aliphatic hydroxyl groups is 6. The molecule has 1 saturated heterocycles. The quantitative estimate of drug-likeness (QED) is 0.0232. The van der Waals surface area contributed by atoms with Gasteiger partial charge in [-0.15, -0.1) is 0 Å². The highest BCUT2D eigenvalue weighted by atomic mass is 16.7. The monoisotopic (exact) mass is 964 g/mol. The summed E-state index contributed by atoms with van der Waals surface area (Å²) >= 11 is 0. The lowest BCUT2D eigenvalue weighted by molar-refractivity contribution is -0.302. The maximum absolute atomic E-state index is 13.1. The zero-order chi connectivity index (χ0) is 49.6. The first-order chi connectivity index (χ1) is 33.3. The minimum absolute atomic E-state index is 0.304. The summed E-state index contributed by atoms with van der Waals surface area (Å²) < 4.78 is 11.2. The number of hydrogen-bond acceptors (Lipinski definition) is 9. The highest BCUT2D eigenvalue weighted by Crippen LogP contribution is 2.23. The van der Waals surface area contributed by atoms with Gasteiger partial charge in [-0.3, -0.25) is 4.79 Å². The van der Waals surface area contributed by atoms with Gasteiger partial charge in [-0.25, -0.2) is 0 Å². The molecule has 7 N–H and O–H groups in total. The molecule has 0 radical (unpaired) electrons. The van der Waals surface area contributed by atoms with Gasteiger partial charge in [0, 0.05) is 0 Å². The van der Waals surface area contributed by atoms with Gasteiger partial charge < -0.3 is 45.4 Å². The van der Waals surface area contributed by atoms with Crippen LogP contribution in [0.5, 0.6) is 0 Å². The van der Waals surface area contributed by atoms with E-state index in [4.69, 9.17) is 9.47 Å². The molecule has 1 aliphatic rings. The predicted molar refractivity (Wildman–Crippen MR) is 282 cm³/mol. The Hall–Kier alpha value is -1.63. The van der Waals surface area contributed by atoms with E-state index >= 15 is 0 Å². The van der Waals surface area contributed by atoms with Gasteiger partial charge in [0.2, 0.25) is 5.91 Å². The van der Waals surface area contributed by atoms with Crippen LogP contribution in [0.25, 0.3) is 0 Å². The van der Waals surface area contributed by atoms with Crippen molar-refractivity contribution >= 4 is 5.91 Å². The molecule has 1 rings (SSSR count). The van der Waals surface area contributed by atoms with E-state index in [2.05, 4.69) is 43.5 Å². The lowest BCUT2D eigenvalue weighted by atomic mass is 9.99. The molecule has 1 amide bonds. The second-order valence-electron chi connectivity index (χ2n) is 20.2. The fraction of sp³-hybridized carbons (Fsp3) is 0.879. The Labute approximate surface area is 417 Å². The summed E-state index contributed by atoms with van der Waals surface area (Å²) in [5.41, 5.74) is 0. The van der Waals surface area contributed by atoms with Crippen LogP contribution in [-0.4, -0.2) is 98.7 Å². The van der Waals surface area contributed by atoms with Gasteiger partial charge in [-0.05, 0) is 44.9 Å². The zero-order valence-corrected chi connectivity index (χ0v) is 44.0. The minimum Gasteiger partial charge on any atom is -0.394 e. The highest BCUT2D eigenvalue weighted by molar-refractivity contribution is 5.80. The zero-order valence-electron chi connectivity index (χ0n) is 44.0. The number of unbranched alkanes of at least 4 members (excludes halogenated alkanes) is 34. The van der Waals surface area contributed by atoms with Gasteiger partial charge in [-0.1, -0.05) is 256 Å². The van der Waals surface area contributed by atoms with Gasteiger partial charge in [-0.2, -0.15) is 0 Å². The van der Waals surface area contributed by atoms with Crippen molar-refractivity contribution in [3.05, 3.63) is 36.5 Å². The van der Waals surface area contributed by atoms with E-state index in [9.17, 15) is 35.4 Å². The Bertz CT molecular complexity index is 1180. The Morgan fingerprint density at radius 3 is 1.28 bits per heavy atom. The summed E-state index contributed by atoms with van der Waals surface area (Å²) in [6, 6.07) is -1.00. The molecule has 1 aliphatic heterocycles. The average Bonchev–Trinajstić information content (AvgIpc) is 3.34. The second kappa shape index (κ2) is 47.7. The van der Waals surface area contributed by atoms with E-state index in [-0.39, 0.29) is 6.61 Å². The molecule has 0 saturated carbocycles. The van der Waals surface area contributed by atoms with E-state index in [0.29, 0.717) is 19.3 Å². The molecule has 1 fully saturated rings. The number of carbonyl (C=O) groups excluding carboxylic acids is 1. The number of allylic oxidation sites excluding steroid dienone is 5. The number of aliphatic hydroxyl groups excluding tert-OH is 6. The van der Waals surface area contributed by atoms with E-state index in [1.807, 2.05) is 6.08 Å². The summed E-state index contributed by atoms with van der Waals surface area (Å²) in [7, 11) is 0. The maximum atomic E-state index is 13.1. The first-order valence-corrected chi connectivity index (χ1v) is 28.8. The standard InChI is InChI=1S/C58H109NO9/c1-3-5-7-9-11-13-15-17-19-21-22-23-24-25-26-27-28-29-31-33-35-37-39-41-43-45-47-52(62)57(66)59-50(49-67-58-56(65)55(64)54(63)53(48-60)68-58)51(61)46-44-42-40-38-36-34-32-30-20-18-16-14-12-10-8-6-4-2/h20,30,36,38,44,46,50-56,58,60-65H,3-19,21-29,31-35,37,39-43,45,47-49H2,1-2H3,(H,59,66)/b30-20+,38-36+,46-44+. The minimum atomic E-state index is -1.62. The van der Waals surface area contributed by atoms with Crippen molar-refractivity contribution in [2.24, 2.45) is 0 Å². The van der Waals surface area contributed by atoms with Crippen molar-refractivity contribution in [1.82, 2.24) is 5.32 Å². The van der Waals surface area contributed by atoms with E-state index in [0.717, 1.165) is 44.9 Å². The Balaban J connectivity index is 2.26. The van der Waals surface area contributed by atoms with Crippen LogP contribution in [0, 0.1) is 0 Å². The van der Waals surface area contributed by atoms with Crippen LogP contribution >= 0.6 is 0 Å². The van der Waals surface area contributed by atoms with Crippen molar-refractivity contribution in [3.8, 4) is 0 Å². The Kier molecular flexibility index (Phi) is 45.1. The van der Waals surface area contributed by atoms with Crippen LogP contribution in [0.3, 0.4) is 0 Å². The van der Waals surface area contributed by atoms with Crippen LogP contribution < -0.4 is 5.32 Å². The predicted octanol–water partition coefficient (Wildman–Crippen LogP) is 12.9. The van der Waals surface area contributed by atoms with Gasteiger partial charge in [0.1, 0.15) is 30.5 Å². The molecule has 0 aromatic carbocycles. The molecule has 1 heterocycles. The van der Waals surface area contributed by atoms with Gasteiger partial charge in [0.25, 0.3) is 0 Å². The third-order valence-corrected chi connectivity index (χ3v) is 13.8. The number of amides is 1. The molecule has 0 aromatic rings. The Morgan fingerprint density at radius 1 is 0.500 bits per heavy atom. The SMILES string of the molecule is CCCCCCCCC/C=C/CC/C=C/CC/C=C/C(O)C(COC1OC(CO)C(O)C(O)C1O)NC(=O)C(O)CCCCCCCCCCCCCCCCCCCCCCCCCCCC. The lowest BCUT2D eigenvalue weighted by Crippen LogP contribution is -2.60. The lowest BCUT2D eigenvalue weighted by Gasteiger charge is -2.40. The van der Waals surface area contributed by atoms with E-state index in [1.54, 1.807) is 6.08 Å². The molecule has 0 spiro atoms. The van der Waals surface area contributed by atoms with Crippen molar-refractivity contribution in [2.45, 2.75) is 313 Å². The summed E-state index contributed by atoms with van der Waals surface area (Å²) in [6.45, 7) is 3.61. The molecule has 10 nitrogen and oxygen atoms in total. The third-order valence-electron chi connectivity index (χ3n) is 13.8.